The van der Waals surface area contributed by atoms with Gasteiger partial charge in [0.05, 0.1) is 6.10 Å². The van der Waals surface area contributed by atoms with Crippen molar-refractivity contribution in [2.24, 2.45) is 0 Å². The third-order valence-corrected chi connectivity index (χ3v) is 3.18. The molecule has 0 saturated carbocycles. The number of aliphatic hydroxyl groups is 1. The third-order valence-electron chi connectivity index (χ3n) is 3.18. The summed E-state index contributed by atoms with van der Waals surface area (Å²) in [6.45, 7) is 3.76. The third kappa shape index (κ3) is 3.98. The first kappa shape index (κ1) is 14.9. The summed E-state index contributed by atoms with van der Waals surface area (Å²) in [6.07, 6.45) is -1.39. The smallest absolute Gasteiger partial charge is 0.431 e. The second-order valence-corrected chi connectivity index (χ2v) is 4.83. The summed E-state index contributed by atoms with van der Waals surface area (Å²) in [5, 5.41) is 9.75. The first-order valence-electron chi connectivity index (χ1n) is 6.62. The van der Waals surface area contributed by atoms with Gasteiger partial charge in [0, 0.05) is 6.00 Å². The molecule has 1 radical (unpaired) electrons. The molecule has 2 rings (SSSR count). The predicted octanol–water partition coefficient (Wildman–Crippen LogP) is 1.74. The van der Waals surface area contributed by atoms with E-state index in [4.69, 9.17) is 14.2 Å². The molecule has 107 valence electrons. The van der Waals surface area contributed by atoms with Crippen LogP contribution in [-0.4, -0.2) is 43.4 Å². The van der Waals surface area contributed by atoms with Crippen LogP contribution in [0.5, 0.6) is 5.75 Å². The maximum Gasteiger partial charge on any atom is 0.513 e. The Balaban J connectivity index is 1.78. The van der Waals surface area contributed by atoms with E-state index in [1.807, 2.05) is 27.1 Å². The van der Waals surface area contributed by atoms with Crippen LogP contribution in [0.1, 0.15) is 12.0 Å². The van der Waals surface area contributed by atoms with Crippen molar-refractivity contribution in [1.29, 1.82) is 0 Å². The number of ether oxygens (including phenoxy) is 3. The lowest BCUT2D eigenvalue weighted by Crippen LogP contribution is -2.29. The van der Waals surface area contributed by atoms with Gasteiger partial charge in [0.25, 0.3) is 0 Å². The van der Waals surface area contributed by atoms with Gasteiger partial charge in [-0.2, -0.15) is 0 Å². The minimum atomic E-state index is -0.796. The molecule has 1 aromatic carbocycles. The van der Waals surface area contributed by atoms with Crippen LogP contribution in [0.2, 0.25) is 6.82 Å². The Kier molecular flexibility index (Phi) is 5.03. The number of aliphatic hydroxyl groups excluding tert-OH is 1. The Bertz CT molecular complexity index is 465. The van der Waals surface area contributed by atoms with E-state index in [1.54, 1.807) is 18.2 Å². The van der Waals surface area contributed by atoms with Crippen molar-refractivity contribution in [3.8, 4) is 5.75 Å². The number of carbonyl (C=O) groups is 1. The van der Waals surface area contributed by atoms with Crippen molar-refractivity contribution in [1.82, 2.24) is 0 Å². The lowest BCUT2D eigenvalue weighted by Gasteiger charge is -2.14. The molecule has 0 aromatic heterocycles. The predicted molar refractivity (Wildman–Crippen MR) is 74.1 cm³/mol. The van der Waals surface area contributed by atoms with Gasteiger partial charge in [0.15, 0.2) is 0 Å². The first-order valence-corrected chi connectivity index (χ1v) is 6.62. The molecule has 0 spiro atoms. The van der Waals surface area contributed by atoms with Crippen molar-refractivity contribution in [2.45, 2.75) is 38.4 Å². The van der Waals surface area contributed by atoms with Crippen LogP contribution in [0, 0.1) is 6.92 Å². The Morgan fingerprint density at radius 2 is 2.35 bits per heavy atom. The summed E-state index contributed by atoms with van der Waals surface area (Å²) in [5.41, 5.74) is 0.992. The van der Waals surface area contributed by atoms with Gasteiger partial charge >= 0.3 is 6.16 Å². The second-order valence-electron chi connectivity index (χ2n) is 4.83. The molecule has 6 heteroatoms. The van der Waals surface area contributed by atoms with Crippen molar-refractivity contribution < 1.29 is 24.1 Å². The lowest BCUT2D eigenvalue weighted by atomic mass is 9.73. The maximum absolute atomic E-state index is 11.5. The molecule has 1 unspecified atom stereocenters. The van der Waals surface area contributed by atoms with Gasteiger partial charge in [-0.3, -0.25) is 0 Å². The van der Waals surface area contributed by atoms with Gasteiger partial charge in [0.1, 0.15) is 25.7 Å². The fourth-order valence-electron chi connectivity index (χ4n) is 2.08. The highest BCUT2D eigenvalue weighted by Crippen LogP contribution is 2.20. The van der Waals surface area contributed by atoms with Crippen LogP contribution < -0.4 is 4.74 Å². The molecule has 1 aromatic rings. The minimum absolute atomic E-state index is 0.0177. The Morgan fingerprint density at radius 1 is 1.55 bits per heavy atom. The van der Waals surface area contributed by atoms with E-state index in [2.05, 4.69) is 0 Å². The summed E-state index contributed by atoms with van der Waals surface area (Å²) in [7, 11) is 1.87. The monoisotopic (exact) mass is 277 g/mol. The van der Waals surface area contributed by atoms with E-state index >= 15 is 0 Å². The molecule has 1 aliphatic heterocycles. The van der Waals surface area contributed by atoms with E-state index in [1.165, 1.54) is 0 Å². The molecule has 0 amide bonds. The van der Waals surface area contributed by atoms with Crippen LogP contribution >= 0.6 is 0 Å². The van der Waals surface area contributed by atoms with Gasteiger partial charge in [-0.25, -0.2) is 4.79 Å². The van der Waals surface area contributed by atoms with E-state index in [0.717, 1.165) is 5.56 Å². The summed E-state index contributed by atoms with van der Waals surface area (Å²) < 4.78 is 15.5. The van der Waals surface area contributed by atoms with Crippen molar-refractivity contribution in [2.75, 3.05) is 6.61 Å². The fraction of sp³-hybridized carbons (Fsp3) is 0.500. The van der Waals surface area contributed by atoms with Crippen molar-refractivity contribution in [3.05, 3.63) is 29.8 Å². The van der Waals surface area contributed by atoms with Crippen LogP contribution in [0.3, 0.4) is 0 Å². The zero-order valence-electron chi connectivity index (χ0n) is 11.6. The highest BCUT2D eigenvalue weighted by Gasteiger charge is 2.33. The Labute approximate surface area is 119 Å². The molecular formula is C14H18BO5. The van der Waals surface area contributed by atoms with Gasteiger partial charge < -0.3 is 19.3 Å². The Morgan fingerprint density at radius 3 is 3.00 bits per heavy atom. The molecule has 0 bridgehead atoms. The molecule has 5 nitrogen and oxygen atoms in total. The average Bonchev–Trinajstić information content (AvgIpc) is 2.77. The summed E-state index contributed by atoms with van der Waals surface area (Å²) in [6, 6.07) is 7.03. The molecule has 1 saturated heterocycles. The number of aryl methyl sites for hydroxylation is 1. The standard InChI is InChI=1S/C14H18BO5/c1-9-4-3-5-10(6-9)19-14(17)18-8-12-11(16)7-13(15-2)20-12/h3-6,11-13,16H,7-8H2,1-2H3/t11?,12-,13-/m1/s1. The first-order chi connectivity index (χ1) is 9.58. The molecule has 20 heavy (non-hydrogen) atoms. The van der Waals surface area contributed by atoms with Gasteiger partial charge in [0.2, 0.25) is 0 Å². The second kappa shape index (κ2) is 6.77. The van der Waals surface area contributed by atoms with E-state index < -0.39 is 18.4 Å². The SMILES string of the molecule is C[B][C@H]1CC(O)[C@@H](COC(=O)Oc2cccc(C)c2)O1. The summed E-state index contributed by atoms with van der Waals surface area (Å²) >= 11 is 0. The van der Waals surface area contributed by atoms with Gasteiger partial charge in [-0.15, -0.1) is 0 Å². The molecule has 0 aliphatic carbocycles. The molecular weight excluding hydrogens is 259 g/mol. The lowest BCUT2D eigenvalue weighted by molar-refractivity contribution is -0.0190. The highest BCUT2D eigenvalue weighted by atomic mass is 16.7. The fourth-order valence-corrected chi connectivity index (χ4v) is 2.08. The van der Waals surface area contributed by atoms with Crippen LogP contribution in [0.25, 0.3) is 0 Å². The molecule has 1 N–H and O–H groups in total. The number of hydrogen-bond donors (Lipinski definition) is 1. The molecule has 3 atom stereocenters. The number of rotatable bonds is 4. The van der Waals surface area contributed by atoms with Gasteiger partial charge in [-0.05, 0) is 31.0 Å². The zero-order chi connectivity index (χ0) is 14.5. The summed E-state index contributed by atoms with van der Waals surface area (Å²) in [4.78, 5) is 11.5. The van der Waals surface area contributed by atoms with Crippen LogP contribution in [0.4, 0.5) is 4.79 Å². The van der Waals surface area contributed by atoms with Crippen molar-refractivity contribution >= 4 is 13.4 Å². The molecule has 1 fully saturated rings. The zero-order valence-corrected chi connectivity index (χ0v) is 11.6. The number of hydrogen-bond acceptors (Lipinski definition) is 5. The quantitative estimate of drug-likeness (QED) is 0.516. The largest absolute Gasteiger partial charge is 0.513 e. The Hall–Kier alpha value is -1.53. The summed E-state index contributed by atoms with van der Waals surface area (Å²) in [5.74, 6) is 0.433. The minimum Gasteiger partial charge on any atom is -0.431 e. The van der Waals surface area contributed by atoms with Crippen LogP contribution in [-0.2, 0) is 9.47 Å². The normalized spacial score (nSPS) is 25.2. The number of benzene rings is 1. The van der Waals surface area contributed by atoms with Gasteiger partial charge in [-0.1, -0.05) is 19.0 Å². The van der Waals surface area contributed by atoms with E-state index in [0.29, 0.717) is 12.2 Å². The van der Waals surface area contributed by atoms with E-state index in [9.17, 15) is 9.90 Å². The van der Waals surface area contributed by atoms with Crippen LogP contribution in [0.15, 0.2) is 24.3 Å². The number of carbonyl (C=O) groups excluding carboxylic acids is 1. The topological polar surface area (TPSA) is 65.0 Å². The van der Waals surface area contributed by atoms with Crippen molar-refractivity contribution in [3.63, 3.8) is 0 Å². The maximum atomic E-state index is 11.5. The van der Waals surface area contributed by atoms with E-state index in [-0.39, 0.29) is 12.6 Å². The molecule has 1 aliphatic rings. The highest BCUT2D eigenvalue weighted by molar-refractivity contribution is 6.35. The molecule has 1 heterocycles. The average molecular weight is 277 g/mol.